The maximum Gasteiger partial charge on any atom is 0.573 e. The van der Waals surface area contributed by atoms with Crippen LogP contribution in [0, 0.1) is 0 Å². The fraction of sp³-hybridized carbons (Fsp3) is 0.118. The average molecular weight is 400 g/mol. The molecule has 0 saturated carbocycles. The zero-order chi connectivity index (χ0) is 20.1. The van der Waals surface area contributed by atoms with Gasteiger partial charge in [-0.05, 0) is 36.4 Å². The van der Waals surface area contributed by atoms with Gasteiger partial charge in [-0.15, -0.1) is 19.8 Å². The first-order valence-corrected chi connectivity index (χ1v) is 8.97. The lowest BCUT2D eigenvalue weighted by molar-refractivity contribution is -0.274. The number of hydrogen-bond acceptors (Lipinski definition) is 4. The van der Waals surface area contributed by atoms with Gasteiger partial charge in [0.25, 0.3) is 5.91 Å². The predicted octanol–water partition coefficient (Wildman–Crippen LogP) is 3.30. The predicted molar refractivity (Wildman–Crippen MR) is 92.9 cm³/mol. The van der Waals surface area contributed by atoms with E-state index in [1.807, 2.05) is 0 Å². The van der Waals surface area contributed by atoms with Gasteiger partial charge in [-0.2, -0.15) is 0 Å². The SMILES string of the molecule is C=CCNS(=O)(=O)c1ccc(C(=O)Nc2ccccc2OC(F)(F)F)cc1. The van der Waals surface area contributed by atoms with Gasteiger partial charge < -0.3 is 10.1 Å². The molecule has 27 heavy (non-hydrogen) atoms. The van der Waals surface area contributed by atoms with Crippen LogP contribution < -0.4 is 14.8 Å². The highest BCUT2D eigenvalue weighted by atomic mass is 32.2. The second-order valence-electron chi connectivity index (χ2n) is 5.16. The molecule has 0 aliphatic carbocycles. The Balaban J connectivity index is 2.17. The molecule has 1 amide bonds. The third kappa shape index (κ3) is 5.83. The Morgan fingerprint density at radius 3 is 2.33 bits per heavy atom. The number of ether oxygens (including phenoxy) is 1. The minimum atomic E-state index is -4.91. The summed E-state index contributed by atoms with van der Waals surface area (Å²) in [4.78, 5) is 12.2. The van der Waals surface area contributed by atoms with Gasteiger partial charge in [0.15, 0.2) is 5.75 Å². The molecule has 0 bridgehead atoms. The number of benzene rings is 2. The van der Waals surface area contributed by atoms with Crippen molar-refractivity contribution in [3.05, 3.63) is 66.7 Å². The summed E-state index contributed by atoms with van der Waals surface area (Å²) in [6, 6.07) is 9.96. The first-order valence-electron chi connectivity index (χ1n) is 7.49. The van der Waals surface area contributed by atoms with Crippen molar-refractivity contribution in [1.82, 2.24) is 4.72 Å². The van der Waals surface area contributed by atoms with Crippen molar-refractivity contribution in [3.63, 3.8) is 0 Å². The topological polar surface area (TPSA) is 84.5 Å². The largest absolute Gasteiger partial charge is 0.573 e. The van der Waals surface area contributed by atoms with E-state index in [9.17, 15) is 26.4 Å². The van der Waals surface area contributed by atoms with Crippen LogP contribution >= 0.6 is 0 Å². The third-order valence-corrected chi connectivity index (χ3v) is 4.64. The number of hydrogen-bond donors (Lipinski definition) is 2. The normalized spacial score (nSPS) is 11.7. The van der Waals surface area contributed by atoms with Crippen LogP contribution in [0.3, 0.4) is 0 Å². The van der Waals surface area contributed by atoms with Gasteiger partial charge in [-0.25, -0.2) is 13.1 Å². The molecule has 2 N–H and O–H groups in total. The van der Waals surface area contributed by atoms with E-state index in [-0.39, 0.29) is 22.7 Å². The maximum absolute atomic E-state index is 12.4. The number of carbonyl (C=O) groups is 1. The standard InChI is InChI=1S/C17H15F3N2O4S/c1-2-11-21-27(24,25)13-9-7-12(8-10-13)16(23)22-14-5-3-4-6-15(14)26-17(18,19)20/h2-10,21H,1,11H2,(H,22,23). The zero-order valence-corrected chi connectivity index (χ0v) is 14.6. The Morgan fingerprint density at radius 2 is 1.74 bits per heavy atom. The van der Waals surface area contributed by atoms with Crippen molar-refractivity contribution in [2.45, 2.75) is 11.3 Å². The Kier molecular flexibility index (Phi) is 6.24. The van der Waals surface area contributed by atoms with E-state index < -0.39 is 28.0 Å². The summed E-state index contributed by atoms with van der Waals surface area (Å²) in [6.45, 7) is 3.45. The number of anilines is 1. The Bertz CT molecular complexity index is 926. The van der Waals surface area contributed by atoms with Gasteiger partial charge in [0.05, 0.1) is 10.6 Å². The fourth-order valence-corrected chi connectivity index (χ4v) is 3.01. The smallest absolute Gasteiger partial charge is 0.404 e. The molecule has 0 aliphatic heterocycles. The van der Waals surface area contributed by atoms with Gasteiger partial charge >= 0.3 is 6.36 Å². The number of para-hydroxylation sites is 2. The summed E-state index contributed by atoms with van der Waals surface area (Å²) in [6.07, 6.45) is -3.53. The molecule has 0 aromatic heterocycles. The lowest BCUT2D eigenvalue weighted by Crippen LogP contribution is -2.23. The molecule has 10 heteroatoms. The molecular weight excluding hydrogens is 385 g/mol. The molecule has 0 radical (unpaired) electrons. The minimum Gasteiger partial charge on any atom is -0.404 e. The molecule has 0 spiro atoms. The van der Waals surface area contributed by atoms with E-state index in [1.165, 1.54) is 48.5 Å². The molecule has 2 rings (SSSR count). The Morgan fingerprint density at radius 1 is 1.11 bits per heavy atom. The highest BCUT2D eigenvalue weighted by Gasteiger charge is 2.32. The fourth-order valence-electron chi connectivity index (χ4n) is 2.02. The number of nitrogens with one attached hydrogen (secondary N) is 2. The summed E-state index contributed by atoms with van der Waals surface area (Å²) < 4.78 is 67.3. The Labute approximate surface area is 153 Å². The van der Waals surface area contributed by atoms with Crippen molar-refractivity contribution in [3.8, 4) is 5.75 Å². The maximum atomic E-state index is 12.4. The van der Waals surface area contributed by atoms with Gasteiger partial charge in [-0.3, -0.25) is 4.79 Å². The van der Waals surface area contributed by atoms with Gasteiger partial charge in [0, 0.05) is 12.1 Å². The molecule has 144 valence electrons. The van der Waals surface area contributed by atoms with Crippen molar-refractivity contribution in [2.24, 2.45) is 0 Å². The number of halogens is 3. The zero-order valence-electron chi connectivity index (χ0n) is 13.8. The summed E-state index contributed by atoms with van der Waals surface area (Å²) in [5.41, 5.74) is -0.122. The summed E-state index contributed by atoms with van der Waals surface area (Å²) in [5.74, 6) is -1.29. The van der Waals surface area contributed by atoms with Crippen LogP contribution in [0.5, 0.6) is 5.75 Å². The van der Waals surface area contributed by atoms with Gasteiger partial charge in [0.2, 0.25) is 10.0 Å². The molecule has 2 aromatic rings. The number of sulfonamides is 1. The van der Waals surface area contributed by atoms with Crippen LogP contribution in [-0.4, -0.2) is 27.2 Å². The van der Waals surface area contributed by atoms with Crippen LogP contribution in [0.2, 0.25) is 0 Å². The highest BCUT2D eigenvalue weighted by Crippen LogP contribution is 2.30. The van der Waals surface area contributed by atoms with Crippen LogP contribution in [0.1, 0.15) is 10.4 Å². The molecule has 2 aromatic carbocycles. The molecule has 0 atom stereocenters. The molecule has 0 saturated heterocycles. The van der Waals surface area contributed by atoms with Crippen LogP contribution in [0.4, 0.5) is 18.9 Å². The third-order valence-electron chi connectivity index (χ3n) is 3.21. The molecule has 6 nitrogen and oxygen atoms in total. The monoisotopic (exact) mass is 400 g/mol. The molecule has 0 aliphatic rings. The summed E-state index contributed by atoms with van der Waals surface area (Å²) in [7, 11) is -3.75. The second-order valence-corrected chi connectivity index (χ2v) is 6.93. The second kappa shape index (κ2) is 8.23. The van der Waals surface area contributed by atoms with E-state index in [0.717, 1.165) is 6.07 Å². The Hall–Kier alpha value is -2.85. The van der Waals surface area contributed by atoms with Crippen molar-refractivity contribution < 1.29 is 31.1 Å². The molecule has 0 unspecified atom stereocenters. The van der Waals surface area contributed by atoms with E-state index >= 15 is 0 Å². The quantitative estimate of drug-likeness (QED) is 0.699. The van der Waals surface area contributed by atoms with Crippen molar-refractivity contribution in [1.29, 1.82) is 0 Å². The number of carbonyl (C=O) groups excluding carboxylic acids is 1. The first kappa shape index (κ1) is 20.5. The number of amides is 1. The molecule has 0 fully saturated rings. The van der Waals surface area contributed by atoms with Crippen LogP contribution in [0.25, 0.3) is 0 Å². The van der Waals surface area contributed by atoms with Crippen molar-refractivity contribution >= 4 is 21.6 Å². The van der Waals surface area contributed by atoms with Gasteiger partial charge in [-0.1, -0.05) is 18.2 Å². The van der Waals surface area contributed by atoms with Crippen LogP contribution in [0.15, 0.2) is 66.1 Å². The highest BCUT2D eigenvalue weighted by molar-refractivity contribution is 7.89. The van der Waals surface area contributed by atoms with E-state index in [4.69, 9.17) is 0 Å². The lowest BCUT2D eigenvalue weighted by Gasteiger charge is -2.14. The summed E-state index contributed by atoms with van der Waals surface area (Å²) >= 11 is 0. The van der Waals surface area contributed by atoms with E-state index in [1.54, 1.807) is 0 Å². The average Bonchev–Trinajstić information content (AvgIpc) is 2.60. The van der Waals surface area contributed by atoms with Gasteiger partial charge in [0.1, 0.15) is 0 Å². The summed E-state index contributed by atoms with van der Waals surface area (Å²) in [5, 5.41) is 2.30. The molecular formula is C17H15F3N2O4S. The van der Waals surface area contributed by atoms with E-state index in [0.29, 0.717) is 0 Å². The lowest BCUT2D eigenvalue weighted by atomic mass is 10.2. The number of alkyl halides is 3. The minimum absolute atomic E-state index is 0.0422. The number of rotatable bonds is 7. The van der Waals surface area contributed by atoms with Crippen LogP contribution in [-0.2, 0) is 10.0 Å². The molecule has 0 heterocycles. The van der Waals surface area contributed by atoms with Crippen molar-refractivity contribution in [2.75, 3.05) is 11.9 Å². The first-order chi connectivity index (χ1) is 12.6. The van der Waals surface area contributed by atoms with E-state index in [2.05, 4.69) is 21.4 Å².